The molecule has 2 heterocycles. The lowest BCUT2D eigenvalue weighted by molar-refractivity contribution is -0.147. The normalized spacial score (nSPS) is 17.1. The van der Waals surface area contributed by atoms with Crippen LogP contribution in [0, 0.1) is 0 Å². The second kappa shape index (κ2) is 8.65. The zero-order valence-electron chi connectivity index (χ0n) is 16.9. The van der Waals surface area contributed by atoms with Crippen molar-refractivity contribution in [1.29, 1.82) is 0 Å². The molecule has 156 valence electrons. The lowest BCUT2D eigenvalue weighted by Crippen LogP contribution is -2.53. The third kappa shape index (κ3) is 4.35. The van der Waals surface area contributed by atoms with Gasteiger partial charge in [0, 0.05) is 45.4 Å². The zero-order valence-corrected chi connectivity index (χ0v) is 16.9. The maximum atomic E-state index is 12.6. The van der Waals surface area contributed by atoms with E-state index >= 15 is 0 Å². The van der Waals surface area contributed by atoms with Gasteiger partial charge in [-0.1, -0.05) is 42.5 Å². The topological polar surface area (TPSA) is 78.0 Å². The summed E-state index contributed by atoms with van der Waals surface area (Å²) in [4.78, 5) is 52.9. The number of benzene rings is 2. The van der Waals surface area contributed by atoms with Crippen LogP contribution in [0.1, 0.15) is 24.8 Å². The number of aryl methyl sites for hydroxylation is 1. The first-order valence-electron chi connectivity index (χ1n) is 10.4. The minimum absolute atomic E-state index is 0.0835. The van der Waals surface area contributed by atoms with Gasteiger partial charge in [-0.2, -0.15) is 0 Å². The van der Waals surface area contributed by atoms with E-state index in [-0.39, 0.29) is 43.0 Å². The highest BCUT2D eigenvalue weighted by Crippen LogP contribution is 2.17. The van der Waals surface area contributed by atoms with Crippen molar-refractivity contribution in [1.82, 2.24) is 14.7 Å². The second-order valence-electron chi connectivity index (χ2n) is 7.82. The average Bonchev–Trinajstić information content (AvgIpc) is 3.09. The van der Waals surface area contributed by atoms with Crippen LogP contribution >= 0.6 is 0 Å². The first-order valence-corrected chi connectivity index (χ1v) is 10.4. The van der Waals surface area contributed by atoms with Crippen LogP contribution in [-0.2, 0) is 25.6 Å². The van der Waals surface area contributed by atoms with E-state index in [0.29, 0.717) is 39.0 Å². The number of rotatable bonds is 5. The third-order valence-corrected chi connectivity index (χ3v) is 5.87. The SMILES string of the molecule is O=C(CCc1ccc2ccccc2c1)N1CCN(C(=O)CN2C(=O)CCC2=O)CC1. The Kier molecular flexibility index (Phi) is 5.79. The highest BCUT2D eigenvalue weighted by molar-refractivity contribution is 6.04. The van der Waals surface area contributed by atoms with Crippen LogP contribution in [0.15, 0.2) is 42.5 Å². The smallest absolute Gasteiger partial charge is 0.242 e. The Morgan fingerprint density at radius 1 is 0.767 bits per heavy atom. The summed E-state index contributed by atoms with van der Waals surface area (Å²) in [5, 5.41) is 2.36. The standard InChI is InChI=1S/C23H25N3O4/c27-20(8-6-17-5-7-18-3-1-2-4-19(18)15-17)24-11-13-25(14-12-24)23(30)16-26-21(28)9-10-22(26)29/h1-5,7,15H,6,8-14,16H2. The van der Waals surface area contributed by atoms with Crippen molar-refractivity contribution < 1.29 is 19.2 Å². The van der Waals surface area contributed by atoms with Crippen LogP contribution in [0.25, 0.3) is 10.8 Å². The van der Waals surface area contributed by atoms with Gasteiger partial charge in [-0.3, -0.25) is 24.1 Å². The molecule has 0 N–H and O–H groups in total. The van der Waals surface area contributed by atoms with Crippen molar-refractivity contribution in [3.63, 3.8) is 0 Å². The number of carbonyl (C=O) groups excluding carboxylic acids is 4. The molecule has 2 aromatic carbocycles. The van der Waals surface area contributed by atoms with E-state index in [4.69, 9.17) is 0 Å². The Bertz CT molecular complexity index is 979. The predicted molar refractivity (Wildman–Crippen MR) is 111 cm³/mol. The van der Waals surface area contributed by atoms with Gasteiger partial charge in [-0.25, -0.2) is 0 Å². The Hall–Kier alpha value is -3.22. The largest absolute Gasteiger partial charge is 0.339 e. The van der Waals surface area contributed by atoms with Gasteiger partial charge >= 0.3 is 0 Å². The van der Waals surface area contributed by atoms with Crippen LogP contribution in [-0.4, -0.2) is 71.1 Å². The fourth-order valence-corrected chi connectivity index (χ4v) is 4.04. The maximum Gasteiger partial charge on any atom is 0.242 e. The predicted octanol–water partition coefficient (Wildman–Crippen LogP) is 1.59. The molecule has 30 heavy (non-hydrogen) atoms. The van der Waals surface area contributed by atoms with Crippen molar-refractivity contribution in [3.05, 3.63) is 48.0 Å². The molecule has 0 saturated carbocycles. The molecular formula is C23H25N3O4. The average molecular weight is 407 g/mol. The van der Waals surface area contributed by atoms with Gasteiger partial charge in [-0.15, -0.1) is 0 Å². The molecule has 7 nitrogen and oxygen atoms in total. The Balaban J connectivity index is 1.25. The molecule has 2 aliphatic heterocycles. The Morgan fingerprint density at radius 3 is 2.03 bits per heavy atom. The first-order chi connectivity index (χ1) is 14.5. The lowest BCUT2D eigenvalue weighted by atomic mass is 10.0. The van der Waals surface area contributed by atoms with Gasteiger partial charge < -0.3 is 9.80 Å². The monoisotopic (exact) mass is 407 g/mol. The maximum absolute atomic E-state index is 12.6. The molecule has 0 bridgehead atoms. The molecule has 2 saturated heterocycles. The molecule has 0 aliphatic carbocycles. The number of imide groups is 1. The molecule has 4 amide bonds. The van der Waals surface area contributed by atoms with E-state index in [0.717, 1.165) is 10.5 Å². The second-order valence-corrected chi connectivity index (χ2v) is 7.82. The number of nitrogens with zero attached hydrogens (tertiary/aromatic N) is 3. The number of piperazine rings is 1. The zero-order chi connectivity index (χ0) is 21.1. The third-order valence-electron chi connectivity index (χ3n) is 5.87. The van der Waals surface area contributed by atoms with Crippen molar-refractivity contribution in [2.24, 2.45) is 0 Å². The molecule has 7 heteroatoms. The summed E-state index contributed by atoms with van der Waals surface area (Å²) < 4.78 is 0. The summed E-state index contributed by atoms with van der Waals surface area (Å²) in [7, 11) is 0. The van der Waals surface area contributed by atoms with Crippen LogP contribution in [0.2, 0.25) is 0 Å². The van der Waals surface area contributed by atoms with Gasteiger partial charge in [0.1, 0.15) is 6.54 Å². The summed E-state index contributed by atoms with van der Waals surface area (Å²) in [6, 6.07) is 14.4. The number of fused-ring (bicyclic) bond motifs is 1. The van der Waals surface area contributed by atoms with Crippen molar-refractivity contribution in [2.45, 2.75) is 25.7 Å². The van der Waals surface area contributed by atoms with E-state index in [9.17, 15) is 19.2 Å². The molecule has 0 aromatic heterocycles. The molecule has 0 unspecified atom stereocenters. The molecule has 0 spiro atoms. The van der Waals surface area contributed by atoms with Crippen LogP contribution < -0.4 is 0 Å². The summed E-state index contributed by atoms with van der Waals surface area (Å²) >= 11 is 0. The summed E-state index contributed by atoms with van der Waals surface area (Å²) in [5.74, 6) is -0.714. The minimum Gasteiger partial charge on any atom is -0.339 e. The van der Waals surface area contributed by atoms with Gasteiger partial charge in [-0.05, 0) is 22.8 Å². The highest BCUT2D eigenvalue weighted by Gasteiger charge is 2.32. The van der Waals surface area contributed by atoms with Gasteiger partial charge in [0.25, 0.3) is 0 Å². The van der Waals surface area contributed by atoms with E-state index < -0.39 is 0 Å². The molecular weight excluding hydrogens is 382 g/mol. The molecule has 2 aliphatic rings. The first kappa shape index (κ1) is 20.1. The van der Waals surface area contributed by atoms with Crippen molar-refractivity contribution >= 4 is 34.4 Å². The molecule has 0 radical (unpaired) electrons. The summed E-state index contributed by atoms with van der Waals surface area (Å²) in [6.45, 7) is 1.62. The molecule has 2 aromatic rings. The van der Waals surface area contributed by atoms with Crippen LogP contribution in [0.4, 0.5) is 0 Å². The van der Waals surface area contributed by atoms with Crippen LogP contribution in [0.3, 0.4) is 0 Å². The van der Waals surface area contributed by atoms with E-state index in [1.807, 2.05) is 12.1 Å². The van der Waals surface area contributed by atoms with Crippen molar-refractivity contribution in [3.8, 4) is 0 Å². The number of amides is 4. The molecule has 4 rings (SSSR count). The number of likely N-dealkylation sites (tertiary alicyclic amines) is 1. The number of hydrogen-bond acceptors (Lipinski definition) is 4. The molecule has 2 fully saturated rings. The fraction of sp³-hybridized carbons (Fsp3) is 0.391. The highest BCUT2D eigenvalue weighted by atomic mass is 16.2. The Morgan fingerprint density at radius 2 is 1.37 bits per heavy atom. The minimum atomic E-state index is -0.282. The van der Waals surface area contributed by atoms with Gasteiger partial charge in [0.2, 0.25) is 23.6 Å². The lowest BCUT2D eigenvalue weighted by Gasteiger charge is -2.35. The van der Waals surface area contributed by atoms with E-state index in [1.165, 1.54) is 10.8 Å². The Labute approximate surface area is 175 Å². The summed E-state index contributed by atoms with van der Waals surface area (Å²) in [5.41, 5.74) is 1.14. The van der Waals surface area contributed by atoms with Crippen LogP contribution in [0.5, 0.6) is 0 Å². The van der Waals surface area contributed by atoms with E-state index in [1.54, 1.807) is 9.80 Å². The quantitative estimate of drug-likeness (QED) is 0.706. The van der Waals surface area contributed by atoms with Gasteiger partial charge in [0.05, 0.1) is 0 Å². The van der Waals surface area contributed by atoms with E-state index in [2.05, 4.69) is 30.3 Å². The number of hydrogen-bond donors (Lipinski definition) is 0. The van der Waals surface area contributed by atoms with Crippen molar-refractivity contribution in [2.75, 3.05) is 32.7 Å². The molecule has 0 atom stereocenters. The summed E-state index contributed by atoms with van der Waals surface area (Å²) in [6.07, 6.45) is 1.49. The fourth-order valence-electron chi connectivity index (χ4n) is 4.04. The number of carbonyl (C=O) groups is 4. The van der Waals surface area contributed by atoms with Gasteiger partial charge in [0.15, 0.2) is 0 Å².